The molecule has 1 aliphatic carbocycles. The first-order chi connectivity index (χ1) is 11.6. The summed E-state index contributed by atoms with van der Waals surface area (Å²) in [5.74, 6) is 0.331. The van der Waals surface area contributed by atoms with Crippen LogP contribution in [0.2, 0.25) is 0 Å². The second kappa shape index (κ2) is 7.31. The third-order valence-electron chi connectivity index (χ3n) is 5.15. The molecule has 2 aromatic carbocycles. The average molecular weight is 321 g/mol. The summed E-state index contributed by atoms with van der Waals surface area (Å²) in [6.45, 7) is 4.94. The summed E-state index contributed by atoms with van der Waals surface area (Å²) in [6, 6.07) is 17.4. The van der Waals surface area contributed by atoms with Crippen molar-refractivity contribution in [1.82, 2.24) is 4.90 Å². The summed E-state index contributed by atoms with van der Waals surface area (Å²) in [5.41, 5.74) is 4.94. The number of rotatable bonds is 5. The molecule has 0 saturated heterocycles. The molecule has 2 aromatic rings. The fraction of sp³-hybridized carbons (Fsp3) is 0.409. The highest BCUT2D eigenvalue weighted by Crippen LogP contribution is 2.29. The first-order valence-corrected chi connectivity index (χ1v) is 8.95. The van der Waals surface area contributed by atoms with E-state index in [1.54, 1.807) is 0 Å². The van der Waals surface area contributed by atoms with Crippen LogP contribution in [0.4, 0.5) is 0 Å². The number of nitrogens with zero attached hydrogens (tertiary/aromatic N) is 1. The van der Waals surface area contributed by atoms with E-state index in [9.17, 15) is 4.79 Å². The van der Waals surface area contributed by atoms with Crippen LogP contribution in [0.25, 0.3) is 0 Å². The summed E-state index contributed by atoms with van der Waals surface area (Å²) >= 11 is 0. The maximum atomic E-state index is 12.6. The number of likely N-dealkylation sites (N-methyl/N-ethyl adjacent to an activating group) is 1. The van der Waals surface area contributed by atoms with Crippen molar-refractivity contribution in [2.45, 2.75) is 45.7 Å². The van der Waals surface area contributed by atoms with Crippen molar-refractivity contribution < 1.29 is 4.79 Å². The monoisotopic (exact) mass is 321 g/mol. The van der Waals surface area contributed by atoms with Gasteiger partial charge >= 0.3 is 0 Å². The minimum Gasteiger partial charge on any atom is -0.299 e. The number of benzene rings is 2. The number of ketones is 1. The third-order valence-corrected chi connectivity index (χ3v) is 5.15. The predicted octanol–water partition coefficient (Wildman–Crippen LogP) is 4.51. The van der Waals surface area contributed by atoms with Crippen LogP contribution in [0.1, 0.15) is 47.3 Å². The number of hydrogen-bond donors (Lipinski definition) is 0. The Kier molecular flexibility index (Phi) is 5.15. The van der Waals surface area contributed by atoms with Crippen LogP contribution in [0, 0.1) is 5.92 Å². The van der Waals surface area contributed by atoms with Gasteiger partial charge in [0, 0.05) is 24.1 Å². The van der Waals surface area contributed by atoms with E-state index in [0.29, 0.717) is 6.04 Å². The molecule has 126 valence electrons. The van der Waals surface area contributed by atoms with Gasteiger partial charge in [0.2, 0.25) is 0 Å². The van der Waals surface area contributed by atoms with Gasteiger partial charge in [-0.2, -0.15) is 0 Å². The first-order valence-electron chi connectivity index (χ1n) is 8.95. The van der Waals surface area contributed by atoms with Crippen molar-refractivity contribution in [2.24, 2.45) is 5.92 Å². The van der Waals surface area contributed by atoms with Crippen molar-refractivity contribution in [3.8, 4) is 0 Å². The maximum absolute atomic E-state index is 12.6. The Hall–Kier alpha value is -1.93. The van der Waals surface area contributed by atoms with Gasteiger partial charge in [-0.1, -0.05) is 62.4 Å². The molecular formula is C22H27NO. The molecule has 0 aliphatic heterocycles. The van der Waals surface area contributed by atoms with Crippen LogP contribution in [-0.4, -0.2) is 23.8 Å². The molecule has 2 nitrogen and oxygen atoms in total. The lowest BCUT2D eigenvalue weighted by atomic mass is 9.82. The molecule has 0 amide bonds. The van der Waals surface area contributed by atoms with Gasteiger partial charge in [-0.05, 0) is 43.0 Å². The van der Waals surface area contributed by atoms with E-state index in [2.05, 4.69) is 48.3 Å². The molecule has 0 heterocycles. The summed E-state index contributed by atoms with van der Waals surface area (Å²) in [4.78, 5) is 15.0. The maximum Gasteiger partial charge on any atom is 0.165 e. The van der Waals surface area contributed by atoms with Crippen molar-refractivity contribution >= 4 is 5.78 Å². The molecule has 1 aliphatic rings. The Morgan fingerprint density at radius 3 is 2.58 bits per heavy atom. The Balaban J connectivity index is 1.79. The van der Waals surface area contributed by atoms with Crippen LogP contribution in [0.5, 0.6) is 0 Å². The molecule has 0 N–H and O–H groups in total. The van der Waals surface area contributed by atoms with Crippen molar-refractivity contribution in [2.75, 3.05) is 7.05 Å². The van der Waals surface area contributed by atoms with E-state index in [1.807, 2.05) is 26.0 Å². The highest BCUT2D eigenvalue weighted by molar-refractivity contribution is 5.99. The van der Waals surface area contributed by atoms with E-state index in [1.165, 1.54) is 16.7 Å². The zero-order chi connectivity index (χ0) is 17.1. The summed E-state index contributed by atoms with van der Waals surface area (Å²) in [6.07, 6.45) is 3.21. The van der Waals surface area contributed by atoms with E-state index in [0.717, 1.165) is 31.4 Å². The van der Waals surface area contributed by atoms with Gasteiger partial charge in [-0.3, -0.25) is 9.69 Å². The highest BCUT2D eigenvalue weighted by atomic mass is 16.1. The zero-order valence-corrected chi connectivity index (χ0v) is 15.0. The second-order valence-corrected chi connectivity index (χ2v) is 7.26. The minimum atomic E-state index is 0.0546. The molecule has 0 fully saturated rings. The number of aryl methyl sites for hydroxylation is 1. The average Bonchev–Trinajstić information content (AvgIpc) is 2.60. The lowest BCUT2D eigenvalue weighted by molar-refractivity contribution is 0.0937. The van der Waals surface area contributed by atoms with Crippen LogP contribution < -0.4 is 0 Å². The zero-order valence-electron chi connectivity index (χ0n) is 15.0. The smallest absolute Gasteiger partial charge is 0.165 e. The molecule has 1 atom stereocenters. The lowest BCUT2D eigenvalue weighted by Crippen LogP contribution is -2.36. The Morgan fingerprint density at radius 2 is 1.88 bits per heavy atom. The highest BCUT2D eigenvalue weighted by Gasteiger charge is 2.26. The quantitative estimate of drug-likeness (QED) is 0.755. The predicted molar refractivity (Wildman–Crippen MR) is 99.3 cm³/mol. The normalized spacial score (nSPS) is 17.1. The van der Waals surface area contributed by atoms with Gasteiger partial charge in [0.05, 0.1) is 0 Å². The van der Waals surface area contributed by atoms with E-state index in [-0.39, 0.29) is 11.7 Å². The Morgan fingerprint density at radius 1 is 1.12 bits per heavy atom. The second-order valence-electron chi connectivity index (χ2n) is 7.26. The molecule has 0 radical (unpaired) electrons. The topological polar surface area (TPSA) is 20.3 Å². The number of carbonyl (C=O) groups excluding carboxylic acids is 1. The fourth-order valence-corrected chi connectivity index (χ4v) is 3.69. The van der Waals surface area contributed by atoms with Gasteiger partial charge in [0.25, 0.3) is 0 Å². The van der Waals surface area contributed by atoms with Gasteiger partial charge < -0.3 is 0 Å². The number of fused-ring (bicyclic) bond motifs is 1. The van der Waals surface area contributed by atoms with E-state index >= 15 is 0 Å². The van der Waals surface area contributed by atoms with Gasteiger partial charge in [0.15, 0.2) is 5.78 Å². The molecule has 0 bridgehead atoms. The lowest BCUT2D eigenvalue weighted by Gasteiger charge is -2.33. The van der Waals surface area contributed by atoms with Crippen LogP contribution >= 0.6 is 0 Å². The van der Waals surface area contributed by atoms with Crippen LogP contribution in [-0.2, 0) is 19.4 Å². The molecule has 24 heavy (non-hydrogen) atoms. The van der Waals surface area contributed by atoms with E-state index < -0.39 is 0 Å². The van der Waals surface area contributed by atoms with E-state index in [4.69, 9.17) is 0 Å². The van der Waals surface area contributed by atoms with Crippen LogP contribution in [0.3, 0.4) is 0 Å². The Labute approximate surface area is 145 Å². The molecule has 1 unspecified atom stereocenters. The molecule has 0 saturated carbocycles. The minimum absolute atomic E-state index is 0.0546. The Bertz CT molecular complexity index is 705. The largest absolute Gasteiger partial charge is 0.299 e. The SMILES string of the molecule is CC(C)C(=O)c1cccc2c1CC(N(C)Cc1ccccc1)CC2. The first kappa shape index (κ1) is 16.9. The third kappa shape index (κ3) is 3.59. The van der Waals surface area contributed by atoms with Gasteiger partial charge in [-0.15, -0.1) is 0 Å². The van der Waals surface area contributed by atoms with Crippen LogP contribution in [0.15, 0.2) is 48.5 Å². The summed E-state index contributed by atoms with van der Waals surface area (Å²) in [7, 11) is 2.20. The van der Waals surface area contributed by atoms with Crippen molar-refractivity contribution in [3.05, 3.63) is 70.8 Å². The molecular weight excluding hydrogens is 294 g/mol. The standard InChI is InChI=1S/C22H27NO/c1-16(2)22(24)20-11-7-10-18-12-13-19(14-21(18)20)23(3)15-17-8-5-4-6-9-17/h4-11,16,19H,12-15H2,1-3H3. The molecule has 0 aromatic heterocycles. The number of hydrogen-bond acceptors (Lipinski definition) is 2. The van der Waals surface area contributed by atoms with Crippen molar-refractivity contribution in [1.29, 1.82) is 0 Å². The molecule has 2 heteroatoms. The number of carbonyl (C=O) groups is 1. The summed E-state index contributed by atoms with van der Waals surface area (Å²) in [5, 5.41) is 0. The van der Waals surface area contributed by atoms with Gasteiger partial charge in [0.1, 0.15) is 0 Å². The van der Waals surface area contributed by atoms with Gasteiger partial charge in [-0.25, -0.2) is 0 Å². The van der Waals surface area contributed by atoms with Crippen molar-refractivity contribution in [3.63, 3.8) is 0 Å². The summed E-state index contributed by atoms with van der Waals surface area (Å²) < 4.78 is 0. The molecule has 3 rings (SSSR count). The molecule has 0 spiro atoms. The number of Topliss-reactive ketones (excluding diaryl/α,β-unsaturated/α-hetero) is 1. The fourth-order valence-electron chi connectivity index (χ4n) is 3.69.